The summed E-state index contributed by atoms with van der Waals surface area (Å²) >= 11 is 0. The van der Waals surface area contributed by atoms with Gasteiger partial charge in [0.2, 0.25) is 10.0 Å². The van der Waals surface area contributed by atoms with Crippen molar-refractivity contribution < 1.29 is 13.2 Å². The van der Waals surface area contributed by atoms with Crippen LogP contribution < -0.4 is 10.0 Å². The molecule has 0 saturated heterocycles. The fourth-order valence-electron chi connectivity index (χ4n) is 4.57. The third kappa shape index (κ3) is 5.40. The number of nitrogens with one attached hydrogen (secondary N) is 2. The molecule has 4 rings (SSSR count). The van der Waals surface area contributed by atoms with Crippen LogP contribution in [0, 0.1) is 20.8 Å². The second-order valence-corrected chi connectivity index (χ2v) is 10.7. The van der Waals surface area contributed by atoms with Crippen molar-refractivity contribution in [1.82, 2.24) is 14.5 Å². The molecule has 0 aliphatic heterocycles. The summed E-state index contributed by atoms with van der Waals surface area (Å²) in [6, 6.07) is 17.5. The maximum absolute atomic E-state index is 13.1. The second-order valence-electron chi connectivity index (χ2n) is 9.03. The van der Waals surface area contributed by atoms with E-state index in [9.17, 15) is 8.42 Å². The van der Waals surface area contributed by atoms with E-state index in [1.165, 1.54) is 0 Å². The maximum atomic E-state index is 13.1. The van der Waals surface area contributed by atoms with Crippen molar-refractivity contribution in [3.8, 4) is 5.69 Å². The van der Waals surface area contributed by atoms with Crippen LogP contribution in [-0.2, 0) is 21.4 Å². The first kappa shape index (κ1) is 24.9. The van der Waals surface area contributed by atoms with E-state index in [4.69, 9.17) is 4.74 Å². The number of aryl methyl sites for hydroxylation is 3. The van der Waals surface area contributed by atoms with E-state index in [-0.39, 0.29) is 6.04 Å². The first-order chi connectivity index (χ1) is 16.7. The highest BCUT2D eigenvalue weighted by Crippen LogP contribution is 2.26. The molecule has 35 heavy (non-hydrogen) atoms. The quantitative estimate of drug-likeness (QED) is 0.348. The number of aromatic nitrogens is 2. The van der Waals surface area contributed by atoms with E-state index in [0.717, 1.165) is 44.5 Å². The molecule has 0 aliphatic rings. The van der Waals surface area contributed by atoms with Gasteiger partial charge >= 0.3 is 0 Å². The number of anilines is 1. The molecule has 4 aromatic rings. The third-order valence-corrected chi connectivity index (χ3v) is 7.80. The summed E-state index contributed by atoms with van der Waals surface area (Å²) in [4.78, 5) is 0.356. The van der Waals surface area contributed by atoms with Crippen molar-refractivity contribution >= 4 is 26.6 Å². The SMILES string of the molecule is COCc1cccc(-n2ncc3c(NCC(C)NS(=O)(=O)c4c(C)cc(C)cc4C)cccc32)c1. The number of ether oxygens (including phenoxy) is 1. The Bertz CT molecular complexity index is 1440. The maximum Gasteiger partial charge on any atom is 0.241 e. The summed E-state index contributed by atoms with van der Waals surface area (Å²) < 4.78 is 36.2. The molecule has 0 radical (unpaired) electrons. The first-order valence-corrected chi connectivity index (χ1v) is 13.1. The van der Waals surface area contributed by atoms with Crippen molar-refractivity contribution in [2.24, 2.45) is 0 Å². The van der Waals surface area contributed by atoms with Crippen LogP contribution in [0.5, 0.6) is 0 Å². The van der Waals surface area contributed by atoms with E-state index >= 15 is 0 Å². The third-order valence-electron chi connectivity index (χ3n) is 5.91. The van der Waals surface area contributed by atoms with Gasteiger partial charge in [0.1, 0.15) is 0 Å². The lowest BCUT2D eigenvalue weighted by Gasteiger charge is -2.18. The Labute approximate surface area is 207 Å². The zero-order valence-corrected chi connectivity index (χ0v) is 21.6. The summed E-state index contributed by atoms with van der Waals surface area (Å²) in [6.07, 6.45) is 1.83. The Morgan fingerprint density at radius 3 is 2.46 bits per heavy atom. The number of hydrogen-bond acceptors (Lipinski definition) is 5. The number of rotatable bonds is 9. The minimum atomic E-state index is -3.64. The Morgan fingerprint density at radius 2 is 1.74 bits per heavy atom. The van der Waals surface area contributed by atoms with E-state index in [0.29, 0.717) is 18.0 Å². The Balaban J connectivity index is 1.52. The number of fused-ring (bicyclic) bond motifs is 1. The van der Waals surface area contributed by atoms with Crippen molar-refractivity contribution in [3.05, 3.63) is 83.0 Å². The number of nitrogens with zero attached hydrogens (tertiary/aromatic N) is 2. The Hall–Kier alpha value is -3.20. The van der Waals surface area contributed by atoms with Crippen LogP contribution in [0.1, 0.15) is 29.2 Å². The molecule has 1 heterocycles. The molecule has 3 aromatic carbocycles. The lowest BCUT2D eigenvalue weighted by molar-refractivity contribution is 0.185. The van der Waals surface area contributed by atoms with Crippen LogP contribution in [0.25, 0.3) is 16.6 Å². The second kappa shape index (κ2) is 10.2. The van der Waals surface area contributed by atoms with Gasteiger partial charge in [0, 0.05) is 30.8 Å². The van der Waals surface area contributed by atoms with Crippen LogP contribution in [0.3, 0.4) is 0 Å². The van der Waals surface area contributed by atoms with Gasteiger partial charge in [-0.1, -0.05) is 35.9 Å². The Kier molecular flexibility index (Phi) is 7.25. The van der Waals surface area contributed by atoms with Crippen molar-refractivity contribution in [2.75, 3.05) is 19.0 Å². The molecule has 0 bridgehead atoms. The highest BCUT2D eigenvalue weighted by molar-refractivity contribution is 7.89. The molecular weight excluding hydrogens is 460 g/mol. The predicted molar refractivity (Wildman–Crippen MR) is 141 cm³/mol. The summed E-state index contributed by atoms with van der Waals surface area (Å²) in [7, 11) is -1.96. The molecule has 184 valence electrons. The van der Waals surface area contributed by atoms with Gasteiger partial charge < -0.3 is 10.1 Å². The van der Waals surface area contributed by atoms with Crippen LogP contribution in [0.2, 0.25) is 0 Å². The smallest absolute Gasteiger partial charge is 0.241 e. The highest BCUT2D eigenvalue weighted by Gasteiger charge is 2.22. The summed E-state index contributed by atoms with van der Waals surface area (Å²) in [5.74, 6) is 0. The van der Waals surface area contributed by atoms with Crippen molar-refractivity contribution in [2.45, 2.75) is 45.2 Å². The molecule has 1 aromatic heterocycles. The van der Waals surface area contributed by atoms with E-state index in [1.54, 1.807) is 7.11 Å². The Morgan fingerprint density at radius 1 is 1.03 bits per heavy atom. The molecule has 8 heteroatoms. The zero-order chi connectivity index (χ0) is 25.2. The lowest BCUT2D eigenvalue weighted by atomic mass is 10.1. The van der Waals surface area contributed by atoms with Gasteiger partial charge in [-0.25, -0.2) is 17.8 Å². The summed E-state index contributed by atoms with van der Waals surface area (Å²) in [5.41, 5.74) is 6.44. The first-order valence-electron chi connectivity index (χ1n) is 11.6. The molecule has 0 aliphatic carbocycles. The van der Waals surface area contributed by atoms with Gasteiger partial charge in [0.05, 0.1) is 28.9 Å². The largest absolute Gasteiger partial charge is 0.383 e. The van der Waals surface area contributed by atoms with Gasteiger partial charge in [-0.05, 0) is 68.7 Å². The number of benzene rings is 3. The summed E-state index contributed by atoms with van der Waals surface area (Å²) in [5, 5.41) is 8.96. The van der Waals surface area contributed by atoms with Gasteiger partial charge in [-0.3, -0.25) is 0 Å². The summed E-state index contributed by atoms with van der Waals surface area (Å²) in [6.45, 7) is 8.46. The molecule has 2 N–H and O–H groups in total. The van der Waals surface area contributed by atoms with Crippen molar-refractivity contribution in [1.29, 1.82) is 0 Å². The molecule has 0 fully saturated rings. The van der Waals surface area contributed by atoms with Crippen LogP contribution in [-0.4, -0.2) is 37.9 Å². The molecule has 7 nitrogen and oxygen atoms in total. The van der Waals surface area contributed by atoms with Crippen LogP contribution in [0.15, 0.2) is 65.7 Å². The fraction of sp³-hybridized carbons (Fsp3) is 0.296. The molecule has 1 unspecified atom stereocenters. The average molecular weight is 493 g/mol. The van der Waals surface area contributed by atoms with E-state index < -0.39 is 10.0 Å². The number of sulfonamides is 1. The molecular formula is C27H32N4O3S. The molecule has 0 saturated carbocycles. The highest BCUT2D eigenvalue weighted by atomic mass is 32.2. The average Bonchev–Trinajstić information content (AvgIpc) is 3.21. The molecule has 0 amide bonds. The van der Waals surface area contributed by atoms with E-state index in [1.807, 2.05) is 87.1 Å². The van der Waals surface area contributed by atoms with Crippen LogP contribution >= 0.6 is 0 Å². The van der Waals surface area contributed by atoms with Gasteiger partial charge in [-0.15, -0.1) is 0 Å². The van der Waals surface area contributed by atoms with Gasteiger partial charge in [0.15, 0.2) is 0 Å². The standard InChI is InChI=1S/C27H32N4O3S/c1-18-12-19(2)27(20(3)13-18)35(32,33)30-21(4)15-28-25-10-7-11-26-24(25)16-29-31(26)23-9-6-8-22(14-23)17-34-5/h6-14,16,21,28,30H,15,17H2,1-5H3. The normalized spacial score (nSPS) is 12.7. The van der Waals surface area contributed by atoms with Crippen molar-refractivity contribution in [3.63, 3.8) is 0 Å². The number of methoxy groups -OCH3 is 1. The molecule has 0 spiro atoms. The van der Waals surface area contributed by atoms with Gasteiger partial charge in [-0.2, -0.15) is 5.10 Å². The topological polar surface area (TPSA) is 85.2 Å². The van der Waals surface area contributed by atoms with Crippen LogP contribution in [0.4, 0.5) is 5.69 Å². The lowest BCUT2D eigenvalue weighted by Crippen LogP contribution is -2.38. The zero-order valence-electron chi connectivity index (χ0n) is 20.8. The minimum Gasteiger partial charge on any atom is -0.383 e. The predicted octanol–water partition coefficient (Wildman–Crippen LogP) is 4.88. The number of hydrogen-bond donors (Lipinski definition) is 2. The molecule has 1 atom stereocenters. The monoisotopic (exact) mass is 492 g/mol. The minimum absolute atomic E-state index is 0.323. The van der Waals surface area contributed by atoms with Gasteiger partial charge in [0.25, 0.3) is 0 Å². The van der Waals surface area contributed by atoms with E-state index in [2.05, 4.69) is 21.2 Å². The fourth-order valence-corrected chi connectivity index (χ4v) is 6.27.